The lowest BCUT2D eigenvalue weighted by Gasteiger charge is -2.32. The summed E-state index contributed by atoms with van der Waals surface area (Å²) in [4.78, 5) is 22.4. The van der Waals surface area contributed by atoms with Crippen LogP contribution in [-0.4, -0.2) is 35.9 Å². The topological polar surface area (TPSA) is 82.1 Å². The van der Waals surface area contributed by atoms with Crippen molar-refractivity contribution in [1.29, 1.82) is 0 Å². The average molecular weight is 362 g/mol. The first-order chi connectivity index (χ1) is 12.1. The van der Waals surface area contributed by atoms with Gasteiger partial charge in [-0.25, -0.2) is 0 Å². The normalized spacial score (nSPS) is 22.7. The number of carbonyl (C=O) groups excluding carboxylic acids is 2. The molecule has 26 heavy (non-hydrogen) atoms. The maximum Gasteiger partial charge on any atom is 0.303 e. The number of rotatable bonds is 4. The van der Waals surface area contributed by atoms with Crippen molar-refractivity contribution in [2.45, 2.75) is 58.3 Å². The summed E-state index contributed by atoms with van der Waals surface area (Å²) in [6.07, 6.45) is 1.92. The first-order valence-electron chi connectivity index (χ1n) is 8.55. The summed E-state index contributed by atoms with van der Waals surface area (Å²) in [5.41, 5.74) is 1.44. The summed E-state index contributed by atoms with van der Waals surface area (Å²) in [7, 11) is 0. The molecule has 0 fully saturated rings. The van der Waals surface area contributed by atoms with Gasteiger partial charge in [-0.3, -0.25) is 9.59 Å². The molecular weight excluding hydrogens is 336 g/mol. The second-order valence-corrected chi connectivity index (χ2v) is 7.38. The molecule has 2 rings (SSSR count). The Morgan fingerprint density at radius 2 is 1.85 bits per heavy atom. The zero-order valence-corrected chi connectivity index (χ0v) is 15.8. The van der Waals surface area contributed by atoms with Gasteiger partial charge in [0.05, 0.1) is 0 Å². The number of phenols is 1. The first-order valence-corrected chi connectivity index (χ1v) is 8.55. The van der Waals surface area contributed by atoms with Crippen molar-refractivity contribution in [3.8, 4) is 5.75 Å². The monoisotopic (exact) mass is 362 g/mol. The largest absolute Gasteiger partial charge is 0.508 e. The third-order valence-electron chi connectivity index (χ3n) is 4.07. The SMILES string of the molecule is CC(=O)OC[C@H]1O[C@@H](c2ccc(O)c(C(C)(C)C)c2)C=C[C@@H]1OC(C)=O. The molecule has 6 nitrogen and oxygen atoms in total. The number of benzene rings is 1. The number of carbonyl (C=O) groups is 2. The molecule has 1 aliphatic rings. The van der Waals surface area contributed by atoms with E-state index < -0.39 is 30.3 Å². The Balaban J connectivity index is 2.27. The molecule has 1 aromatic carbocycles. The third-order valence-corrected chi connectivity index (χ3v) is 4.07. The summed E-state index contributed by atoms with van der Waals surface area (Å²) in [6, 6.07) is 5.33. The molecule has 6 heteroatoms. The van der Waals surface area contributed by atoms with Gasteiger partial charge in [0.25, 0.3) is 0 Å². The van der Waals surface area contributed by atoms with E-state index in [9.17, 15) is 14.7 Å². The van der Waals surface area contributed by atoms with Crippen LogP contribution >= 0.6 is 0 Å². The van der Waals surface area contributed by atoms with Crippen LogP contribution in [0, 0.1) is 0 Å². The van der Waals surface area contributed by atoms with Gasteiger partial charge in [-0.15, -0.1) is 0 Å². The number of aromatic hydroxyl groups is 1. The van der Waals surface area contributed by atoms with E-state index in [0.717, 1.165) is 11.1 Å². The fourth-order valence-electron chi connectivity index (χ4n) is 2.81. The second kappa shape index (κ2) is 7.91. The molecule has 1 heterocycles. The van der Waals surface area contributed by atoms with E-state index in [2.05, 4.69) is 0 Å². The van der Waals surface area contributed by atoms with Gasteiger partial charge in [0, 0.05) is 13.8 Å². The number of hydrogen-bond donors (Lipinski definition) is 1. The molecular formula is C20H26O6. The fourth-order valence-corrected chi connectivity index (χ4v) is 2.81. The van der Waals surface area contributed by atoms with Crippen LogP contribution in [0.2, 0.25) is 0 Å². The lowest BCUT2D eigenvalue weighted by Crippen LogP contribution is -2.39. The standard InChI is InChI=1S/C20H26O6/c1-12(21)24-11-19-18(25-13(2)22)9-8-17(26-19)14-6-7-16(23)15(10-14)20(3,4)5/h6-10,17-19,23H,11H2,1-5H3/t17-,18+,19-/m1/s1. The second-order valence-electron chi connectivity index (χ2n) is 7.38. The zero-order valence-electron chi connectivity index (χ0n) is 15.8. The molecule has 1 aromatic rings. The highest BCUT2D eigenvalue weighted by atomic mass is 16.6. The molecule has 0 aromatic heterocycles. The minimum atomic E-state index is -0.623. The average Bonchev–Trinajstić information content (AvgIpc) is 2.52. The van der Waals surface area contributed by atoms with Crippen LogP contribution in [0.4, 0.5) is 0 Å². The Bertz CT molecular complexity index is 701. The van der Waals surface area contributed by atoms with Gasteiger partial charge >= 0.3 is 11.9 Å². The summed E-state index contributed by atoms with van der Waals surface area (Å²) in [6.45, 7) is 8.67. The maximum atomic E-state index is 11.3. The fraction of sp³-hybridized carbons (Fsp3) is 0.500. The summed E-state index contributed by atoms with van der Waals surface area (Å²) >= 11 is 0. The van der Waals surface area contributed by atoms with Crippen LogP contribution in [-0.2, 0) is 29.2 Å². The molecule has 0 saturated carbocycles. The van der Waals surface area contributed by atoms with Crippen molar-refractivity contribution < 1.29 is 28.9 Å². The quantitative estimate of drug-likeness (QED) is 0.654. The molecule has 0 amide bonds. The van der Waals surface area contributed by atoms with E-state index in [1.807, 2.05) is 26.8 Å². The zero-order chi connectivity index (χ0) is 19.5. The smallest absolute Gasteiger partial charge is 0.303 e. The molecule has 1 aliphatic heterocycles. The van der Waals surface area contributed by atoms with Crippen molar-refractivity contribution in [2.75, 3.05) is 6.61 Å². The lowest BCUT2D eigenvalue weighted by atomic mass is 9.84. The van der Waals surface area contributed by atoms with Crippen LogP contribution in [0.25, 0.3) is 0 Å². The highest BCUT2D eigenvalue weighted by molar-refractivity contribution is 5.67. The predicted octanol–water partition coefficient (Wildman–Crippen LogP) is 3.18. The van der Waals surface area contributed by atoms with E-state index in [4.69, 9.17) is 14.2 Å². The van der Waals surface area contributed by atoms with Crippen molar-refractivity contribution >= 4 is 11.9 Å². The molecule has 0 bridgehead atoms. The maximum absolute atomic E-state index is 11.3. The van der Waals surface area contributed by atoms with E-state index >= 15 is 0 Å². The molecule has 1 N–H and O–H groups in total. The Hall–Kier alpha value is -2.34. The Labute approximate surface area is 153 Å². The van der Waals surface area contributed by atoms with Crippen LogP contribution in [0.3, 0.4) is 0 Å². The van der Waals surface area contributed by atoms with E-state index in [0.29, 0.717) is 0 Å². The van der Waals surface area contributed by atoms with Crippen LogP contribution in [0.5, 0.6) is 5.75 Å². The number of phenolic OH excluding ortho intramolecular Hbond substituents is 1. The van der Waals surface area contributed by atoms with Crippen molar-refractivity contribution in [3.05, 3.63) is 41.5 Å². The summed E-state index contributed by atoms with van der Waals surface area (Å²) in [5, 5.41) is 10.1. The number of esters is 2. The van der Waals surface area contributed by atoms with Gasteiger partial charge in [0.2, 0.25) is 0 Å². The Morgan fingerprint density at radius 3 is 2.42 bits per heavy atom. The van der Waals surface area contributed by atoms with Crippen LogP contribution < -0.4 is 0 Å². The van der Waals surface area contributed by atoms with Gasteiger partial charge in [-0.2, -0.15) is 0 Å². The molecule has 0 saturated heterocycles. The highest BCUT2D eigenvalue weighted by Gasteiger charge is 2.32. The highest BCUT2D eigenvalue weighted by Crippen LogP contribution is 2.35. The molecule has 3 atom stereocenters. The lowest BCUT2D eigenvalue weighted by molar-refractivity contribution is -0.163. The van der Waals surface area contributed by atoms with Gasteiger partial charge in [-0.05, 0) is 34.8 Å². The molecule has 0 spiro atoms. The van der Waals surface area contributed by atoms with Gasteiger partial charge in [0.1, 0.15) is 30.7 Å². The molecule has 0 radical (unpaired) electrons. The number of hydrogen-bond acceptors (Lipinski definition) is 6. The number of ether oxygens (including phenoxy) is 3. The van der Waals surface area contributed by atoms with Crippen LogP contribution in [0.15, 0.2) is 30.4 Å². The van der Waals surface area contributed by atoms with Crippen molar-refractivity contribution in [1.82, 2.24) is 0 Å². The van der Waals surface area contributed by atoms with Crippen LogP contribution in [0.1, 0.15) is 51.8 Å². The predicted molar refractivity (Wildman–Crippen MR) is 95.7 cm³/mol. The molecule has 0 unspecified atom stereocenters. The van der Waals surface area contributed by atoms with Crippen molar-refractivity contribution in [2.24, 2.45) is 0 Å². The van der Waals surface area contributed by atoms with Gasteiger partial charge < -0.3 is 19.3 Å². The van der Waals surface area contributed by atoms with Gasteiger partial charge in [0.15, 0.2) is 0 Å². The first kappa shape index (κ1) is 20.0. The Kier molecular flexibility index (Phi) is 6.08. The van der Waals surface area contributed by atoms with Gasteiger partial charge in [-0.1, -0.05) is 32.9 Å². The summed E-state index contributed by atoms with van der Waals surface area (Å²) < 4.78 is 16.3. The minimum Gasteiger partial charge on any atom is -0.508 e. The van der Waals surface area contributed by atoms with E-state index in [1.165, 1.54) is 13.8 Å². The molecule has 142 valence electrons. The van der Waals surface area contributed by atoms with Crippen molar-refractivity contribution in [3.63, 3.8) is 0 Å². The minimum absolute atomic E-state index is 0.0155. The molecule has 0 aliphatic carbocycles. The Morgan fingerprint density at radius 1 is 1.15 bits per heavy atom. The third kappa shape index (κ3) is 5.08. The van der Waals surface area contributed by atoms with E-state index in [-0.39, 0.29) is 17.8 Å². The summed E-state index contributed by atoms with van der Waals surface area (Å²) in [5.74, 6) is -0.634. The van der Waals surface area contributed by atoms with E-state index in [1.54, 1.807) is 24.3 Å².